The van der Waals surface area contributed by atoms with Crippen LogP contribution < -0.4 is 5.14 Å². The van der Waals surface area contributed by atoms with Crippen molar-refractivity contribution in [2.24, 2.45) is 5.14 Å². The minimum absolute atomic E-state index is 0.0140. The summed E-state index contributed by atoms with van der Waals surface area (Å²) in [4.78, 5) is 0. The molecule has 1 aromatic rings. The first-order chi connectivity index (χ1) is 5.96. The van der Waals surface area contributed by atoms with E-state index in [1.54, 1.807) is 5.38 Å². The number of rotatable bonds is 3. The average Bonchev–Trinajstić information content (AvgIpc) is 2.49. The summed E-state index contributed by atoms with van der Waals surface area (Å²) in [5.41, 5.74) is 0.280. The van der Waals surface area contributed by atoms with Crippen molar-refractivity contribution in [3.8, 4) is 0 Å². The van der Waals surface area contributed by atoms with Gasteiger partial charge in [-0.2, -0.15) is 0 Å². The Bertz CT molecular complexity index is 407. The molecule has 1 heterocycles. The molecule has 0 aliphatic rings. The molecule has 13 heavy (non-hydrogen) atoms. The van der Waals surface area contributed by atoms with E-state index in [0.29, 0.717) is 0 Å². The van der Waals surface area contributed by atoms with Gasteiger partial charge >= 0.3 is 0 Å². The first-order valence-electron chi connectivity index (χ1n) is 3.37. The zero-order valence-corrected chi connectivity index (χ0v) is 8.31. The van der Waals surface area contributed by atoms with Crippen LogP contribution >= 0.6 is 11.3 Å². The van der Waals surface area contributed by atoms with E-state index in [-0.39, 0.29) is 9.77 Å². The molecule has 0 spiro atoms. The van der Waals surface area contributed by atoms with Gasteiger partial charge in [0.15, 0.2) is 0 Å². The Kier molecular flexibility index (Phi) is 2.87. The monoisotopic (exact) mass is 219 g/mol. The quantitative estimate of drug-likeness (QED) is 0.731. The molecule has 0 aromatic carbocycles. The van der Waals surface area contributed by atoms with E-state index in [1.807, 2.05) is 0 Å². The van der Waals surface area contributed by atoms with Crippen LogP contribution in [0, 0.1) is 0 Å². The molecule has 1 aromatic heterocycles. The van der Waals surface area contributed by atoms with Crippen molar-refractivity contribution in [3.05, 3.63) is 29.7 Å². The molecule has 4 nitrogen and oxygen atoms in total. The lowest BCUT2D eigenvalue weighted by Crippen LogP contribution is -2.13. The maximum atomic E-state index is 11.0. The SMILES string of the molecule is C=CC(O)c1ccsc1S(N)(=O)=O. The Hall–Kier alpha value is -0.690. The first-order valence-corrected chi connectivity index (χ1v) is 5.80. The lowest BCUT2D eigenvalue weighted by molar-refractivity contribution is 0.227. The molecule has 0 saturated heterocycles. The van der Waals surface area contributed by atoms with Crippen molar-refractivity contribution in [2.45, 2.75) is 10.3 Å². The van der Waals surface area contributed by atoms with Gasteiger partial charge in [-0.05, 0) is 11.4 Å². The second kappa shape index (κ2) is 3.59. The molecule has 0 radical (unpaired) electrons. The van der Waals surface area contributed by atoms with Crippen molar-refractivity contribution >= 4 is 21.4 Å². The lowest BCUT2D eigenvalue weighted by Gasteiger charge is -2.04. The van der Waals surface area contributed by atoms with Crippen LogP contribution in [-0.4, -0.2) is 13.5 Å². The van der Waals surface area contributed by atoms with E-state index in [2.05, 4.69) is 6.58 Å². The van der Waals surface area contributed by atoms with Gasteiger partial charge in [-0.15, -0.1) is 17.9 Å². The molecule has 0 aliphatic heterocycles. The molecule has 3 N–H and O–H groups in total. The Morgan fingerprint density at radius 2 is 2.31 bits per heavy atom. The minimum Gasteiger partial charge on any atom is -0.384 e. The summed E-state index contributed by atoms with van der Waals surface area (Å²) in [5, 5.41) is 15.8. The Labute approximate surface area is 80.4 Å². The predicted octanol–water partition coefficient (Wildman–Crippen LogP) is 0.615. The number of aliphatic hydroxyl groups excluding tert-OH is 1. The molecular formula is C7H9NO3S2. The lowest BCUT2D eigenvalue weighted by atomic mass is 10.2. The van der Waals surface area contributed by atoms with Gasteiger partial charge in [-0.25, -0.2) is 13.6 Å². The van der Waals surface area contributed by atoms with Gasteiger partial charge in [0.2, 0.25) is 10.0 Å². The van der Waals surface area contributed by atoms with E-state index >= 15 is 0 Å². The van der Waals surface area contributed by atoms with E-state index in [0.717, 1.165) is 11.3 Å². The first kappa shape index (κ1) is 10.4. The minimum atomic E-state index is -3.73. The zero-order valence-electron chi connectivity index (χ0n) is 6.67. The number of primary sulfonamides is 1. The van der Waals surface area contributed by atoms with Crippen LogP contribution in [0.1, 0.15) is 11.7 Å². The molecule has 6 heteroatoms. The smallest absolute Gasteiger partial charge is 0.247 e. The van der Waals surface area contributed by atoms with E-state index in [1.165, 1.54) is 12.1 Å². The van der Waals surface area contributed by atoms with Crippen LogP contribution in [0.4, 0.5) is 0 Å². The summed E-state index contributed by atoms with van der Waals surface area (Å²) < 4.78 is 21.9. The highest BCUT2D eigenvalue weighted by atomic mass is 32.2. The van der Waals surface area contributed by atoms with E-state index in [4.69, 9.17) is 5.14 Å². The highest BCUT2D eigenvalue weighted by Crippen LogP contribution is 2.27. The fourth-order valence-corrected chi connectivity index (χ4v) is 2.77. The number of sulfonamides is 1. The molecule has 0 saturated carbocycles. The summed E-state index contributed by atoms with van der Waals surface area (Å²) in [6.45, 7) is 3.36. The van der Waals surface area contributed by atoms with Crippen molar-refractivity contribution in [1.29, 1.82) is 0 Å². The Balaban J connectivity index is 3.25. The Morgan fingerprint density at radius 1 is 1.69 bits per heavy atom. The van der Waals surface area contributed by atoms with Crippen molar-refractivity contribution in [1.82, 2.24) is 0 Å². The summed E-state index contributed by atoms with van der Waals surface area (Å²) in [6, 6.07) is 1.51. The van der Waals surface area contributed by atoms with E-state index < -0.39 is 16.1 Å². The molecule has 0 aliphatic carbocycles. The van der Waals surface area contributed by atoms with Gasteiger partial charge < -0.3 is 5.11 Å². The fraction of sp³-hybridized carbons (Fsp3) is 0.143. The number of hydrogen-bond acceptors (Lipinski definition) is 4. The van der Waals surface area contributed by atoms with Crippen LogP contribution in [-0.2, 0) is 10.0 Å². The second-order valence-corrected chi connectivity index (χ2v) is 5.06. The van der Waals surface area contributed by atoms with Crippen LogP contribution in [0.5, 0.6) is 0 Å². The van der Waals surface area contributed by atoms with Crippen LogP contribution in [0.3, 0.4) is 0 Å². The third-order valence-corrected chi connectivity index (χ3v) is 3.92. The summed E-state index contributed by atoms with van der Waals surface area (Å²) in [5.74, 6) is 0. The standard InChI is InChI=1S/C7H9NO3S2/c1-2-6(9)5-3-4-12-7(5)13(8,10)11/h2-4,6,9H,1H2,(H2,8,10,11). The van der Waals surface area contributed by atoms with Gasteiger partial charge in [0.1, 0.15) is 4.21 Å². The van der Waals surface area contributed by atoms with Gasteiger partial charge in [-0.3, -0.25) is 0 Å². The number of aliphatic hydroxyl groups is 1. The van der Waals surface area contributed by atoms with E-state index in [9.17, 15) is 13.5 Å². The molecule has 1 rings (SSSR count). The largest absolute Gasteiger partial charge is 0.384 e. The third kappa shape index (κ3) is 2.16. The average molecular weight is 219 g/mol. The van der Waals surface area contributed by atoms with Crippen molar-refractivity contribution in [3.63, 3.8) is 0 Å². The number of hydrogen-bond donors (Lipinski definition) is 2. The summed E-state index contributed by atoms with van der Waals surface area (Å²) >= 11 is 0.979. The summed E-state index contributed by atoms with van der Waals surface area (Å²) in [6.07, 6.45) is 0.260. The highest BCUT2D eigenvalue weighted by molar-refractivity contribution is 7.91. The van der Waals surface area contributed by atoms with Crippen LogP contribution in [0.25, 0.3) is 0 Å². The topological polar surface area (TPSA) is 80.4 Å². The van der Waals surface area contributed by atoms with Crippen molar-refractivity contribution < 1.29 is 13.5 Å². The van der Waals surface area contributed by atoms with Crippen LogP contribution in [0.2, 0.25) is 0 Å². The second-order valence-electron chi connectivity index (χ2n) is 2.39. The molecule has 0 bridgehead atoms. The fourth-order valence-electron chi connectivity index (χ4n) is 0.883. The van der Waals surface area contributed by atoms with Crippen LogP contribution in [0.15, 0.2) is 28.3 Å². The highest BCUT2D eigenvalue weighted by Gasteiger charge is 2.18. The molecule has 1 unspecified atom stereocenters. The molecular weight excluding hydrogens is 210 g/mol. The van der Waals surface area contributed by atoms with Gasteiger partial charge in [0.05, 0.1) is 6.10 Å². The normalized spacial score (nSPS) is 14.0. The Morgan fingerprint density at radius 3 is 2.77 bits per heavy atom. The maximum absolute atomic E-state index is 11.0. The van der Waals surface area contributed by atoms with Gasteiger partial charge in [0, 0.05) is 5.56 Å². The molecule has 72 valence electrons. The zero-order chi connectivity index (χ0) is 10.1. The number of nitrogens with two attached hydrogens (primary N) is 1. The maximum Gasteiger partial charge on any atom is 0.247 e. The molecule has 1 atom stereocenters. The molecule has 0 amide bonds. The molecule has 0 fully saturated rings. The summed E-state index contributed by atoms with van der Waals surface area (Å²) in [7, 11) is -3.73. The van der Waals surface area contributed by atoms with Crippen molar-refractivity contribution in [2.75, 3.05) is 0 Å². The predicted molar refractivity (Wildman–Crippen MR) is 50.8 cm³/mol. The van der Waals surface area contributed by atoms with Gasteiger partial charge in [0.25, 0.3) is 0 Å². The number of thiophene rings is 1. The van der Waals surface area contributed by atoms with Gasteiger partial charge in [-0.1, -0.05) is 6.08 Å². The third-order valence-electron chi connectivity index (χ3n) is 1.46.